The fraction of sp³-hybridized carbons (Fsp3) is 0.414. The zero-order chi connectivity index (χ0) is 30.3. The average molecular weight is 640 g/mol. The van der Waals surface area contributed by atoms with E-state index in [0.29, 0.717) is 34.2 Å². The van der Waals surface area contributed by atoms with Crippen LogP contribution in [0.25, 0.3) is 10.9 Å². The minimum absolute atomic E-state index is 0.0228. The Morgan fingerprint density at radius 1 is 1.12 bits per heavy atom. The van der Waals surface area contributed by atoms with Crippen molar-refractivity contribution in [2.75, 3.05) is 31.0 Å². The second-order valence-electron chi connectivity index (χ2n) is 10.6. The van der Waals surface area contributed by atoms with Crippen molar-refractivity contribution in [3.63, 3.8) is 0 Å². The van der Waals surface area contributed by atoms with E-state index in [1.165, 1.54) is 13.3 Å². The highest BCUT2D eigenvalue weighted by Crippen LogP contribution is 2.44. The first-order valence-electron chi connectivity index (χ1n) is 13.5. The Balaban J connectivity index is 1.49. The molecule has 1 saturated carbocycles. The fourth-order valence-electron chi connectivity index (χ4n) is 5.65. The molecule has 2 fully saturated rings. The third-order valence-corrected chi connectivity index (χ3v) is 8.40. The maximum Gasteiger partial charge on any atom is 0.413 e. The lowest BCUT2D eigenvalue weighted by molar-refractivity contribution is -0.133. The van der Waals surface area contributed by atoms with E-state index in [1.54, 1.807) is 23.1 Å². The third-order valence-electron chi connectivity index (χ3n) is 7.59. The Morgan fingerprint density at radius 3 is 2.40 bits per heavy atom. The van der Waals surface area contributed by atoms with E-state index in [1.807, 2.05) is 23.3 Å². The lowest BCUT2D eigenvalue weighted by Gasteiger charge is -2.45. The minimum Gasteiger partial charge on any atom is -0.492 e. The molecule has 3 aromatic rings. The summed E-state index contributed by atoms with van der Waals surface area (Å²) in [6.07, 6.45) is 2.28. The lowest BCUT2D eigenvalue weighted by atomic mass is 10.0. The number of piperazine rings is 1. The zero-order valence-corrected chi connectivity index (χ0v) is 25.5. The Kier molecular flexibility index (Phi) is 8.78. The smallest absolute Gasteiger partial charge is 0.413 e. The normalized spacial score (nSPS) is 18.7. The molecule has 42 heavy (non-hydrogen) atoms. The van der Waals surface area contributed by atoms with Crippen LogP contribution in [-0.4, -0.2) is 59.6 Å². The van der Waals surface area contributed by atoms with Gasteiger partial charge in [-0.25, -0.2) is 9.18 Å². The SMILES string of the molecule is COc1c(N2C[C@@H](C)N(C(=O)CCl)[C@@H](C)C2)c(F)cc2c(=O)c(OC(=O)NCc3ccc(Cl)cc3Cl)cn(C3CC3)c12. The lowest BCUT2D eigenvalue weighted by Crippen LogP contribution is -2.59. The summed E-state index contributed by atoms with van der Waals surface area (Å²) < 4.78 is 28.9. The first-order chi connectivity index (χ1) is 20.0. The van der Waals surface area contributed by atoms with Gasteiger partial charge in [-0.3, -0.25) is 9.59 Å². The molecule has 9 nitrogen and oxygen atoms in total. The van der Waals surface area contributed by atoms with E-state index in [4.69, 9.17) is 44.3 Å². The summed E-state index contributed by atoms with van der Waals surface area (Å²) in [6, 6.07) is 5.59. The van der Waals surface area contributed by atoms with Crippen molar-refractivity contribution in [1.29, 1.82) is 0 Å². The van der Waals surface area contributed by atoms with Crippen molar-refractivity contribution in [1.82, 2.24) is 14.8 Å². The Morgan fingerprint density at radius 2 is 1.81 bits per heavy atom. The summed E-state index contributed by atoms with van der Waals surface area (Å²) in [5, 5.41) is 3.44. The van der Waals surface area contributed by atoms with Crippen LogP contribution < -0.4 is 25.1 Å². The summed E-state index contributed by atoms with van der Waals surface area (Å²) in [7, 11) is 1.43. The number of nitrogens with zero attached hydrogens (tertiary/aromatic N) is 3. The van der Waals surface area contributed by atoms with Crippen molar-refractivity contribution in [2.45, 2.75) is 51.4 Å². The summed E-state index contributed by atoms with van der Waals surface area (Å²) >= 11 is 17.9. The number of amides is 2. The molecule has 1 aliphatic carbocycles. The number of ether oxygens (including phenoxy) is 2. The highest BCUT2D eigenvalue weighted by molar-refractivity contribution is 6.35. The van der Waals surface area contributed by atoms with Gasteiger partial charge in [0.2, 0.25) is 11.3 Å². The number of pyridine rings is 1. The van der Waals surface area contributed by atoms with E-state index in [-0.39, 0.29) is 59.0 Å². The minimum atomic E-state index is -0.865. The largest absolute Gasteiger partial charge is 0.492 e. The van der Waals surface area contributed by atoms with Gasteiger partial charge in [0.1, 0.15) is 11.6 Å². The Labute approximate surface area is 257 Å². The molecule has 1 aliphatic heterocycles. The third kappa shape index (κ3) is 5.85. The van der Waals surface area contributed by atoms with Gasteiger partial charge in [-0.15, -0.1) is 11.6 Å². The van der Waals surface area contributed by atoms with Gasteiger partial charge in [-0.05, 0) is 50.5 Å². The van der Waals surface area contributed by atoms with E-state index in [9.17, 15) is 14.4 Å². The molecular formula is C29H30Cl3FN4O5. The molecule has 0 spiro atoms. The first kappa shape index (κ1) is 30.3. The van der Waals surface area contributed by atoms with Crippen LogP contribution in [0.1, 0.15) is 38.3 Å². The van der Waals surface area contributed by atoms with E-state index < -0.39 is 17.3 Å². The highest BCUT2D eigenvalue weighted by Gasteiger charge is 2.36. The molecule has 2 aliphatic rings. The van der Waals surface area contributed by atoms with Crippen molar-refractivity contribution < 1.29 is 23.5 Å². The van der Waals surface area contributed by atoms with Crippen LogP contribution in [-0.2, 0) is 11.3 Å². The van der Waals surface area contributed by atoms with Crippen LogP contribution in [0.5, 0.6) is 11.5 Å². The second kappa shape index (κ2) is 12.2. The first-order valence-corrected chi connectivity index (χ1v) is 14.8. The van der Waals surface area contributed by atoms with Gasteiger partial charge < -0.3 is 29.2 Å². The molecule has 1 aromatic heterocycles. The second-order valence-corrected chi connectivity index (χ2v) is 11.7. The van der Waals surface area contributed by atoms with E-state index in [2.05, 4.69) is 5.32 Å². The van der Waals surface area contributed by atoms with E-state index in [0.717, 1.165) is 18.9 Å². The van der Waals surface area contributed by atoms with Gasteiger partial charge in [-0.1, -0.05) is 29.3 Å². The standard InChI is InChI=1S/C29H30Cl3FN4O5/c1-15-12-35(13-16(2)37(15)24(38)10-30)26-22(33)9-20-25(28(26)41-3)36(19-6-7-19)14-23(27(20)39)42-29(40)34-11-17-4-5-18(31)8-21(17)32/h4-5,8-9,14-16,19H,6-7,10-13H2,1-3H3,(H,34,40)/t15-,16+. The number of methoxy groups -OCH3 is 1. The predicted molar refractivity (Wildman–Crippen MR) is 161 cm³/mol. The number of alkyl halides is 1. The Hall–Kier alpha value is -3.21. The number of benzene rings is 2. The number of fused-ring (bicyclic) bond motifs is 1. The van der Waals surface area contributed by atoms with Gasteiger partial charge in [0.25, 0.3) is 0 Å². The number of rotatable bonds is 7. The fourth-order valence-corrected chi connectivity index (χ4v) is 6.27. The topological polar surface area (TPSA) is 93.1 Å². The summed E-state index contributed by atoms with van der Waals surface area (Å²) in [5.41, 5.74) is 0.593. The van der Waals surface area contributed by atoms with Crippen molar-refractivity contribution >= 4 is 63.4 Å². The maximum atomic E-state index is 15.9. The van der Waals surface area contributed by atoms with Crippen LogP contribution in [0.3, 0.4) is 0 Å². The van der Waals surface area contributed by atoms with Crippen LogP contribution in [0.15, 0.2) is 35.3 Å². The molecule has 2 atom stereocenters. The molecule has 2 aromatic carbocycles. The van der Waals surface area contributed by atoms with Crippen LogP contribution in [0, 0.1) is 5.82 Å². The molecule has 0 radical (unpaired) electrons. The number of nitrogens with one attached hydrogen (secondary N) is 1. The molecule has 224 valence electrons. The Bertz CT molecular complexity index is 1600. The van der Waals surface area contributed by atoms with Gasteiger partial charge in [0, 0.05) is 47.8 Å². The molecule has 1 N–H and O–H groups in total. The predicted octanol–water partition coefficient (Wildman–Crippen LogP) is 5.74. The van der Waals surface area contributed by atoms with Gasteiger partial charge in [0.05, 0.1) is 24.2 Å². The summed E-state index contributed by atoms with van der Waals surface area (Å²) in [5.74, 6) is -1.00. The number of hydrogen-bond acceptors (Lipinski definition) is 6. The van der Waals surface area contributed by atoms with Gasteiger partial charge in [0.15, 0.2) is 17.3 Å². The summed E-state index contributed by atoms with van der Waals surface area (Å²) in [4.78, 5) is 42.2. The zero-order valence-electron chi connectivity index (χ0n) is 23.3. The molecule has 2 amide bonds. The van der Waals surface area contributed by atoms with Crippen LogP contribution >= 0.6 is 34.8 Å². The van der Waals surface area contributed by atoms with E-state index >= 15 is 4.39 Å². The number of hydrogen-bond donors (Lipinski definition) is 1. The van der Waals surface area contributed by atoms with Crippen molar-refractivity contribution in [3.8, 4) is 11.5 Å². The van der Waals surface area contributed by atoms with Crippen molar-refractivity contribution in [2.24, 2.45) is 0 Å². The monoisotopic (exact) mass is 638 g/mol. The molecular weight excluding hydrogens is 610 g/mol. The maximum absolute atomic E-state index is 15.9. The molecule has 13 heteroatoms. The number of anilines is 1. The number of carbonyl (C=O) groups excluding carboxylic acids is 2. The molecule has 5 rings (SSSR count). The quantitative estimate of drug-likeness (QED) is 0.332. The van der Waals surface area contributed by atoms with Gasteiger partial charge in [-0.2, -0.15) is 0 Å². The summed E-state index contributed by atoms with van der Waals surface area (Å²) in [6.45, 7) is 4.50. The average Bonchev–Trinajstić information content (AvgIpc) is 3.78. The number of aromatic nitrogens is 1. The van der Waals surface area contributed by atoms with Gasteiger partial charge >= 0.3 is 6.09 Å². The molecule has 0 unspecified atom stereocenters. The van der Waals surface area contributed by atoms with Crippen LogP contribution in [0.4, 0.5) is 14.9 Å². The number of carbonyl (C=O) groups is 2. The molecule has 1 saturated heterocycles. The van der Waals surface area contributed by atoms with Crippen molar-refractivity contribution in [3.05, 3.63) is 62.1 Å². The number of halogens is 4. The molecule has 0 bridgehead atoms. The molecule has 2 heterocycles. The van der Waals surface area contributed by atoms with Crippen LogP contribution in [0.2, 0.25) is 10.0 Å². The highest BCUT2D eigenvalue weighted by atomic mass is 35.5.